The molecule has 0 aliphatic rings. The third-order valence-corrected chi connectivity index (χ3v) is 3.39. The van der Waals surface area contributed by atoms with Crippen LogP contribution in [-0.2, 0) is 14.3 Å². The summed E-state index contributed by atoms with van der Waals surface area (Å²) >= 11 is 0. The smallest absolute Gasteiger partial charge is 0.410 e. The van der Waals surface area contributed by atoms with E-state index in [-0.39, 0.29) is 24.8 Å². The summed E-state index contributed by atoms with van der Waals surface area (Å²) in [7, 11) is 1.55. The van der Waals surface area contributed by atoms with Gasteiger partial charge < -0.3 is 24.4 Å². The first kappa shape index (κ1) is 22.7. The molecule has 0 bridgehead atoms. The van der Waals surface area contributed by atoms with Crippen molar-refractivity contribution in [3.8, 4) is 5.75 Å². The summed E-state index contributed by atoms with van der Waals surface area (Å²) in [6.07, 6.45) is -1.23. The highest BCUT2D eigenvalue weighted by atomic mass is 19.1. The third kappa shape index (κ3) is 9.23. The van der Waals surface area contributed by atoms with E-state index in [0.717, 1.165) is 0 Å². The topological polar surface area (TPSA) is 77.1 Å². The zero-order chi connectivity index (χ0) is 20.4. The summed E-state index contributed by atoms with van der Waals surface area (Å²) in [4.78, 5) is 25.8. The van der Waals surface area contributed by atoms with Crippen molar-refractivity contribution >= 4 is 12.0 Å². The molecule has 0 radical (unpaired) electrons. The lowest BCUT2D eigenvalue weighted by Crippen LogP contribution is -2.44. The summed E-state index contributed by atoms with van der Waals surface area (Å²) < 4.78 is 28.7. The maximum absolute atomic E-state index is 12.9. The van der Waals surface area contributed by atoms with Crippen LogP contribution in [-0.4, -0.2) is 62.0 Å². The lowest BCUT2D eigenvalue weighted by Gasteiger charge is -2.27. The van der Waals surface area contributed by atoms with Gasteiger partial charge in [0.25, 0.3) is 5.91 Å². The van der Waals surface area contributed by atoms with Crippen LogP contribution in [0.2, 0.25) is 0 Å². The number of hydrogen-bond acceptors (Lipinski definition) is 5. The van der Waals surface area contributed by atoms with Gasteiger partial charge in [-0.2, -0.15) is 0 Å². The maximum Gasteiger partial charge on any atom is 0.410 e. The van der Waals surface area contributed by atoms with Crippen LogP contribution >= 0.6 is 0 Å². The molecule has 0 spiro atoms. The monoisotopic (exact) mass is 384 g/mol. The Hall–Kier alpha value is -2.35. The first-order valence-corrected chi connectivity index (χ1v) is 8.79. The zero-order valence-electron chi connectivity index (χ0n) is 16.6. The van der Waals surface area contributed by atoms with Crippen LogP contribution in [0.25, 0.3) is 0 Å². The van der Waals surface area contributed by atoms with Crippen LogP contribution in [0.5, 0.6) is 5.75 Å². The minimum atomic E-state index is -0.760. The summed E-state index contributed by atoms with van der Waals surface area (Å²) in [5.74, 6) is -0.317. The van der Waals surface area contributed by atoms with E-state index in [0.29, 0.717) is 18.9 Å². The summed E-state index contributed by atoms with van der Waals surface area (Å²) in [5, 5.41) is 2.71. The molecule has 7 nitrogen and oxygen atoms in total. The zero-order valence-corrected chi connectivity index (χ0v) is 16.6. The highest BCUT2D eigenvalue weighted by molar-refractivity contribution is 5.80. The second-order valence-electron chi connectivity index (χ2n) is 6.97. The van der Waals surface area contributed by atoms with Gasteiger partial charge in [-0.3, -0.25) is 4.79 Å². The first-order valence-electron chi connectivity index (χ1n) is 8.79. The molecule has 0 saturated heterocycles. The molecular formula is C19H29FN2O5. The number of methoxy groups -OCH3 is 1. The largest absolute Gasteiger partial charge is 0.481 e. The fourth-order valence-corrected chi connectivity index (χ4v) is 2.05. The highest BCUT2D eigenvalue weighted by Gasteiger charge is 2.22. The van der Waals surface area contributed by atoms with E-state index in [1.807, 2.05) is 0 Å². The molecule has 0 heterocycles. The van der Waals surface area contributed by atoms with Crippen LogP contribution in [0.15, 0.2) is 24.3 Å². The molecule has 0 aromatic heterocycles. The number of halogens is 1. The number of rotatable bonds is 9. The van der Waals surface area contributed by atoms with E-state index in [4.69, 9.17) is 14.2 Å². The molecule has 152 valence electrons. The lowest BCUT2D eigenvalue weighted by molar-refractivity contribution is -0.127. The average Bonchev–Trinajstić information content (AvgIpc) is 2.58. The Bertz CT molecular complexity index is 601. The molecule has 0 fully saturated rings. The number of carbonyl (C=O) groups is 2. The lowest BCUT2D eigenvalue weighted by atomic mass is 10.2. The second-order valence-corrected chi connectivity index (χ2v) is 6.97. The Morgan fingerprint density at radius 2 is 1.81 bits per heavy atom. The van der Waals surface area contributed by atoms with Crippen molar-refractivity contribution in [1.82, 2.24) is 10.2 Å². The van der Waals surface area contributed by atoms with Crippen molar-refractivity contribution in [1.29, 1.82) is 0 Å². The van der Waals surface area contributed by atoms with Crippen LogP contribution < -0.4 is 10.1 Å². The van der Waals surface area contributed by atoms with E-state index in [2.05, 4.69) is 5.32 Å². The fourth-order valence-electron chi connectivity index (χ4n) is 2.05. The van der Waals surface area contributed by atoms with E-state index in [1.54, 1.807) is 34.8 Å². The van der Waals surface area contributed by atoms with Crippen molar-refractivity contribution in [2.24, 2.45) is 0 Å². The summed E-state index contributed by atoms with van der Waals surface area (Å²) in [6.45, 7) is 8.17. The van der Waals surface area contributed by atoms with Crippen molar-refractivity contribution in [2.45, 2.75) is 39.4 Å². The number of amides is 2. The molecular weight excluding hydrogens is 355 g/mol. The quantitative estimate of drug-likeness (QED) is 0.708. The molecule has 8 heteroatoms. The van der Waals surface area contributed by atoms with Crippen molar-refractivity contribution in [3.05, 3.63) is 30.1 Å². The van der Waals surface area contributed by atoms with Gasteiger partial charge in [-0.1, -0.05) is 0 Å². The Kier molecular flexibility index (Phi) is 9.00. The van der Waals surface area contributed by atoms with Crippen molar-refractivity contribution in [2.75, 3.05) is 33.4 Å². The van der Waals surface area contributed by atoms with Gasteiger partial charge >= 0.3 is 6.09 Å². The fraction of sp³-hybridized carbons (Fsp3) is 0.579. The molecule has 0 aliphatic carbocycles. The van der Waals surface area contributed by atoms with Crippen LogP contribution in [0, 0.1) is 5.82 Å². The molecule has 0 aliphatic heterocycles. The van der Waals surface area contributed by atoms with Gasteiger partial charge in [0.1, 0.15) is 17.2 Å². The predicted octanol–water partition coefficient (Wildman–Crippen LogP) is 2.59. The van der Waals surface area contributed by atoms with E-state index in [9.17, 15) is 14.0 Å². The Balaban J connectivity index is 2.48. The number of carbonyl (C=O) groups excluding carboxylic acids is 2. The Morgan fingerprint density at radius 1 is 1.19 bits per heavy atom. The van der Waals surface area contributed by atoms with Crippen molar-refractivity contribution in [3.63, 3.8) is 0 Å². The summed E-state index contributed by atoms with van der Waals surface area (Å²) in [5.41, 5.74) is -0.608. The minimum Gasteiger partial charge on any atom is -0.481 e. The van der Waals surface area contributed by atoms with Gasteiger partial charge in [-0.15, -0.1) is 0 Å². The van der Waals surface area contributed by atoms with Crippen LogP contribution in [0.1, 0.15) is 27.7 Å². The SMILES string of the molecule is COCCN(CCNC(=O)C(C)Oc1ccc(F)cc1)C(=O)OC(C)(C)C. The van der Waals surface area contributed by atoms with Crippen molar-refractivity contribution < 1.29 is 28.2 Å². The number of nitrogens with one attached hydrogen (secondary N) is 1. The molecule has 1 atom stereocenters. The molecule has 1 aromatic carbocycles. The molecule has 1 rings (SSSR count). The molecule has 1 N–H and O–H groups in total. The third-order valence-electron chi connectivity index (χ3n) is 3.39. The number of ether oxygens (including phenoxy) is 3. The highest BCUT2D eigenvalue weighted by Crippen LogP contribution is 2.13. The molecule has 27 heavy (non-hydrogen) atoms. The van der Waals surface area contributed by atoms with Crippen LogP contribution in [0.3, 0.4) is 0 Å². The first-order chi connectivity index (χ1) is 12.6. The average molecular weight is 384 g/mol. The van der Waals surface area contributed by atoms with E-state index in [1.165, 1.54) is 29.2 Å². The molecule has 0 saturated carbocycles. The van der Waals surface area contributed by atoms with Gasteiger partial charge in [-0.25, -0.2) is 9.18 Å². The number of hydrogen-bond donors (Lipinski definition) is 1. The molecule has 2 amide bonds. The normalized spacial score (nSPS) is 12.2. The summed E-state index contributed by atoms with van der Waals surface area (Å²) in [6, 6.07) is 5.42. The van der Waals surface area contributed by atoms with E-state index < -0.39 is 17.8 Å². The van der Waals surface area contributed by atoms with Gasteiger partial charge in [0, 0.05) is 26.7 Å². The number of benzene rings is 1. The van der Waals surface area contributed by atoms with E-state index >= 15 is 0 Å². The number of nitrogens with zero attached hydrogens (tertiary/aromatic N) is 1. The van der Waals surface area contributed by atoms with Gasteiger partial charge in [-0.05, 0) is 52.0 Å². The van der Waals surface area contributed by atoms with Gasteiger partial charge in [0.15, 0.2) is 6.10 Å². The molecule has 1 unspecified atom stereocenters. The minimum absolute atomic E-state index is 0.235. The second kappa shape index (κ2) is 10.7. The standard InChI is InChI=1S/C19H29FN2O5/c1-14(26-16-8-6-15(20)7-9-16)17(23)21-10-11-22(12-13-25-5)18(24)27-19(2,3)4/h6-9,14H,10-13H2,1-5H3,(H,21,23). The molecule has 1 aromatic rings. The Labute approximate surface area is 159 Å². The van der Waals surface area contributed by atoms with Gasteiger partial charge in [0.2, 0.25) is 0 Å². The Morgan fingerprint density at radius 3 is 2.37 bits per heavy atom. The van der Waals surface area contributed by atoms with Gasteiger partial charge in [0.05, 0.1) is 6.61 Å². The van der Waals surface area contributed by atoms with Crippen LogP contribution in [0.4, 0.5) is 9.18 Å². The predicted molar refractivity (Wildman–Crippen MR) is 99.2 cm³/mol. The maximum atomic E-state index is 12.9.